The van der Waals surface area contributed by atoms with Crippen LogP contribution >= 0.6 is 0 Å². The molecule has 18 heteroatoms. The summed E-state index contributed by atoms with van der Waals surface area (Å²) in [6.45, 7) is 0.698. The summed E-state index contributed by atoms with van der Waals surface area (Å²) < 4.78 is 96.7. The molecular formula is C19H20N4O11S3. The van der Waals surface area contributed by atoms with Crippen LogP contribution in [0.5, 0.6) is 5.75 Å². The Labute approximate surface area is 211 Å². The average Bonchev–Trinajstić information content (AvgIpc) is 3.09. The van der Waals surface area contributed by atoms with E-state index in [-0.39, 0.29) is 38.3 Å². The molecule has 0 atom stereocenters. The third kappa shape index (κ3) is 6.87. The number of aromatic amines is 1. The van der Waals surface area contributed by atoms with Crippen LogP contribution in [-0.2, 0) is 34.5 Å². The zero-order valence-electron chi connectivity index (χ0n) is 19.1. The molecular weight excluding hydrogens is 556 g/mol. The molecule has 0 radical (unpaired) electrons. The van der Waals surface area contributed by atoms with Crippen LogP contribution in [0, 0.1) is 6.92 Å². The highest BCUT2D eigenvalue weighted by molar-refractivity contribution is 7.91. The Balaban J connectivity index is 1.93. The molecule has 0 spiro atoms. The number of methoxy groups -OCH3 is 1. The van der Waals surface area contributed by atoms with E-state index in [0.29, 0.717) is 0 Å². The molecule has 3 rings (SSSR count). The van der Waals surface area contributed by atoms with Crippen LogP contribution in [0.15, 0.2) is 67.3 Å². The third-order valence-corrected chi connectivity index (χ3v) is 7.79. The monoisotopic (exact) mass is 576 g/mol. The van der Waals surface area contributed by atoms with Gasteiger partial charge in [0.2, 0.25) is 0 Å². The highest BCUT2D eigenvalue weighted by Crippen LogP contribution is 2.32. The van der Waals surface area contributed by atoms with Crippen molar-refractivity contribution in [2.24, 2.45) is 10.2 Å². The van der Waals surface area contributed by atoms with Gasteiger partial charge in [0.25, 0.3) is 15.7 Å². The molecule has 3 aromatic rings. The first-order valence-corrected chi connectivity index (χ1v) is 14.4. The van der Waals surface area contributed by atoms with Crippen molar-refractivity contribution in [2.75, 3.05) is 19.5 Å². The maximum atomic E-state index is 12.9. The Kier molecular flexibility index (Phi) is 8.00. The fourth-order valence-corrected chi connectivity index (χ4v) is 5.00. The first-order chi connectivity index (χ1) is 17.1. The van der Waals surface area contributed by atoms with E-state index in [1.165, 1.54) is 38.3 Å². The van der Waals surface area contributed by atoms with Gasteiger partial charge in [-0.25, -0.2) is 17.3 Å². The Bertz CT molecular complexity index is 1720. The predicted octanol–water partition coefficient (Wildman–Crippen LogP) is 1.74. The standard InChI is InChI=1S/C19H20N4O11S3/c1-12-18(19(24)23(22-12)13-3-5-14(6-4-13)36(27,28)29)21-20-16-11-15(7-8-17(16)33-2)35(25,26)10-9-34-37(30,31)32/h3-8,11,22H,9-10H2,1-2H3,(H,27,28,29)(H,30,31,32). The molecule has 0 bridgehead atoms. The first-order valence-electron chi connectivity index (χ1n) is 9.96. The van der Waals surface area contributed by atoms with Crippen molar-refractivity contribution in [1.29, 1.82) is 0 Å². The van der Waals surface area contributed by atoms with Crippen molar-refractivity contribution >= 4 is 41.7 Å². The van der Waals surface area contributed by atoms with Crippen LogP contribution in [-0.4, -0.2) is 63.6 Å². The van der Waals surface area contributed by atoms with Crippen molar-refractivity contribution in [3.8, 4) is 11.4 Å². The summed E-state index contributed by atoms with van der Waals surface area (Å²) in [5, 5.41) is 10.6. The molecule has 15 nitrogen and oxygen atoms in total. The molecule has 200 valence electrons. The van der Waals surface area contributed by atoms with Gasteiger partial charge in [0.1, 0.15) is 11.4 Å². The quantitative estimate of drug-likeness (QED) is 0.233. The van der Waals surface area contributed by atoms with Crippen molar-refractivity contribution in [1.82, 2.24) is 9.78 Å². The van der Waals surface area contributed by atoms with Crippen molar-refractivity contribution in [3.05, 3.63) is 58.5 Å². The Morgan fingerprint density at radius 1 is 0.946 bits per heavy atom. The molecule has 0 aliphatic rings. The lowest BCUT2D eigenvalue weighted by Crippen LogP contribution is -2.15. The number of nitrogens with one attached hydrogen (secondary N) is 1. The summed E-state index contributed by atoms with van der Waals surface area (Å²) in [4.78, 5) is 12.2. The second kappa shape index (κ2) is 10.5. The molecule has 0 aliphatic carbocycles. The van der Waals surface area contributed by atoms with Crippen LogP contribution < -0.4 is 10.3 Å². The topological polar surface area (TPSA) is 224 Å². The number of hydrogen-bond acceptors (Lipinski definition) is 11. The second-order valence-corrected chi connectivity index (χ2v) is 11.9. The zero-order chi connectivity index (χ0) is 27.6. The number of aryl methyl sites for hydroxylation is 1. The van der Waals surface area contributed by atoms with Gasteiger partial charge < -0.3 is 4.74 Å². The van der Waals surface area contributed by atoms with Gasteiger partial charge in [-0.2, -0.15) is 16.8 Å². The number of aromatic nitrogens is 2. The van der Waals surface area contributed by atoms with Crippen molar-refractivity contribution in [3.63, 3.8) is 0 Å². The first kappa shape index (κ1) is 28.2. The minimum atomic E-state index is -4.81. The van der Waals surface area contributed by atoms with Gasteiger partial charge in [-0.05, 0) is 49.4 Å². The molecule has 0 saturated heterocycles. The second-order valence-electron chi connectivity index (χ2n) is 7.30. The lowest BCUT2D eigenvalue weighted by atomic mass is 10.3. The van der Waals surface area contributed by atoms with Gasteiger partial charge in [0.15, 0.2) is 15.5 Å². The number of H-pyrrole nitrogens is 1. The lowest BCUT2D eigenvalue weighted by molar-refractivity contribution is 0.284. The summed E-state index contributed by atoms with van der Waals surface area (Å²) in [5.74, 6) is -0.653. The number of ether oxygens (including phenoxy) is 1. The van der Waals surface area contributed by atoms with Crippen LogP contribution in [0.4, 0.5) is 11.4 Å². The molecule has 2 aromatic carbocycles. The molecule has 0 amide bonds. The zero-order valence-corrected chi connectivity index (χ0v) is 21.5. The molecule has 0 saturated carbocycles. The van der Waals surface area contributed by atoms with Crippen LogP contribution in [0.1, 0.15) is 5.69 Å². The molecule has 3 N–H and O–H groups in total. The summed E-state index contributed by atoms with van der Waals surface area (Å²) in [6, 6.07) is 8.34. The lowest BCUT2D eigenvalue weighted by Gasteiger charge is -2.08. The molecule has 37 heavy (non-hydrogen) atoms. The van der Waals surface area contributed by atoms with Crippen LogP contribution in [0.25, 0.3) is 5.69 Å². The SMILES string of the molecule is COc1ccc(S(=O)(=O)CCOS(=O)(=O)O)cc1N=Nc1c(C)[nH]n(-c2ccc(S(=O)(=O)O)cc2)c1=O. The van der Waals surface area contributed by atoms with Gasteiger partial charge in [-0.3, -0.25) is 19.0 Å². The maximum absolute atomic E-state index is 12.9. The fourth-order valence-electron chi connectivity index (χ4n) is 3.02. The number of rotatable bonds is 10. The van der Waals surface area contributed by atoms with Gasteiger partial charge in [-0.15, -0.1) is 10.2 Å². The largest absolute Gasteiger partial charge is 0.494 e. The van der Waals surface area contributed by atoms with E-state index in [4.69, 9.17) is 13.8 Å². The normalized spacial score (nSPS) is 12.8. The minimum Gasteiger partial charge on any atom is -0.494 e. The van der Waals surface area contributed by atoms with E-state index in [9.17, 15) is 30.0 Å². The summed E-state index contributed by atoms with van der Waals surface area (Å²) in [6.07, 6.45) is 0. The van der Waals surface area contributed by atoms with E-state index in [0.717, 1.165) is 22.9 Å². The van der Waals surface area contributed by atoms with E-state index < -0.39 is 48.3 Å². The van der Waals surface area contributed by atoms with E-state index in [2.05, 4.69) is 19.5 Å². The van der Waals surface area contributed by atoms with E-state index in [1.54, 1.807) is 0 Å². The minimum absolute atomic E-state index is 0.0664. The van der Waals surface area contributed by atoms with Gasteiger partial charge in [-0.1, -0.05) is 0 Å². The summed E-state index contributed by atoms with van der Waals surface area (Å²) in [5.41, 5.74) is -0.359. The smallest absolute Gasteiger partial charge is 0.397 e. The molecule has 1 aromatic heterocycles. The number of hydrogen-bond donors (Lipinski definition) is 3. The highest BCUT2D eigenvalue weighted by atomic mass is 32.3. The molecule has 1 heterocycles. The van der Waals surface area contributed by atoms with Crippen molar-refractivity contribution < 1.29 is 43.3 Å². The average molecular weight is 577 g/mol. The van der Waals surface area contributed by atoms with Gasteiger partial charge in [0, 0.05) is 0 Å². The molecule has 0 unspecified atom stereocenters. The Morgan fingerprint density at radius 3 is 2.14 bits per heavy atom. The number of azo groups is 1. The van der Waals surface area contributed by atoms with E-state index >= 15 is 0 Å². The van der Waals surface area contributed by atoms with Gasteiger partial charge in [0.05, 0.1) is 40.6 Å². The number of sulfone groups is 1. The van der Waals surface area contributed by atoms with Gasteiger partial charge >= 0.3 is 10.4 Å². The van der Waals surface area contributed by atoms with Crippen LogP contribution in [0.3, 0.4) is 0 Å². The predicted molar refractivity (Wildman–Crippen MR) is 128 cm³/mol. The van der Waals surface area contributed by atoms with Crippen molar-refractivity contribution in [2.45, 2.75) is 16.7 Å². The summed E-state index contributed by atoms with van der Waals surface area (Å²) in [7, 11) is -12.0. The number of benzene rings is 2. The van der Waals surface area contributed by atoms with Crippen LogP contribution in [0.2, 0.25) is 0 Å². The van der Waals surface area contributed by atoms with E-state index in [1.807, 2.05) is 0 Å². The summed E-state index contributed by atoms with van der Waals surface area (Å²) >= 11 is 0. The highest BCUT2D eigenvalue weighted by Gasteiger charge is 2.19. The molecule has 0 aliphatic heterocycles. The maximum Gasteiger partial charge on any atom is 0.397 e. The Morgan fingerprint density at radius 2 is 1.57 bits per heavy atom. The Hall–Kier alpha value is -3.42. The number of nitrogens with zero attached hydrogens (tertiary/aromatic N) is 3. The third-order valence-electron chi connectivity index (χ3n) is 4.78. The molecule has 0 fully saturated rings. The fraction of sp³-hybridized carbons (Fsp3) is 0.211.